The van der Waals surface area contributed by atoms with Gasteiger partial charge in [-0.1, -0.05) is 20.3 Å². The summed E-state index contributed by atoms with van der Waals surface area (Å²) in [7, 11) is 0. The first-order chi connectivity index (χ1) is 6.05. The Balaban J connectivity index is 4.84. The van der Waals surface area contributed by atoms with Crippen molar-refractivity contribution in [1.82, 2.24) is 5.43 Å². The lowest BCUT2D eigenvalue weighted by Crippen LogP contribution is -2.60. The summed E-state index contributed by atoms with van der Waals surface area (Å²) < 4.78 is 0. The van der Waals surface area contributed by atoms with Gasteiger partial charge in [0.15, 0.2) is 0 Å². The number of nitrogens with one attached hydrogen (secondary N) is 1. The van der Waals surface area contributed by atoms with Gasteiger partial charge < -0.3 is 9.90 Å². The summed E-state index contributed by atoms with van der Waals surface area (Å²) in [6.07, 6.45) is 1.58. The standard InChI is InChI=1S/C8H16N2O3/c1-3-4-8(10-9,7(12)13)6(2)5-11/h5-6,10H,3-4,9H2,1-2H3,(H,12,13). The van der Waals surface area contributed by atoms with Crippen LogP contribution in [0.5, 0.6) is 0 Å². The number of carbonyl (C=O) groups is 2. The molecule has 0 rings (SSSR count). The van der Waals surface area contributed by atoms with Crippen molar-refractivity contribution in [2.24, 2.45) is 11.8 Å². The molecule has 0 aromatic rings. The van der Waals surface area contributed by atoms with Crippen LogP contribution in [-0.2, 0) is 9.59 Å². The lowest BCUT2D eigenvalue weighted by atomic mass is 9.83. The molecule has 0 heterocycles. The van der Waals surface area contributed by atoms with Crippen LogP contribution in [0.4, 0.5) is 0 Å². The van der Waals surface area contributed by atoms with Crippen LogP contribution in [0.3, 0.4) is 0 Å². The van der Waals surface area contributed by atoms with Crippen LogP contribution in [0.1, 0.15) is 26.7 Å². The van der Waals surface area contributed by atoms with Gasteiger partial charge in [0.2, 0.25) is 0 Å². The molecule has 0 aromatic heterocycles. The van der Waals surface area contributed by atoms with E-state index in [2.05, 4.69) is 5.43 Å². The van der Waals surface area contributed by atoms with E-state index >= 15 is 0 Å². The number of aliphatic carboxylic acids is 1. The molecule has 0 aliphatic rings. The van der Waals surface area contributed by atoms with E-state index in [0.717, 1.165) is 0 Å². The molecule has 2 unspecified atom stereocenters. The minimum atomic E-state index is -1.32. The fraction of sp³-hybridized carbons (Fsp3) is 0.750. The van der Waals surface area contributed by atoms with E-state index in [-0.39, 0.29) is 0 Å². The van der Waals surface area contributed by atoms with Crippen molar-refractivity contribution in [1.29, 1.82) is 0 Å². The Kier molecular flexibility index (Phi) is 4.58. The molecule has 0 saturated heterocycles. The first-order valence-electron chi connectivity index (χ1n) is 4.21. The van der Waals surface area contributed by atoms with Crippen LogP contribution in [0.15, 0.2) is 0 Å². The minimum Gasteiger partial charge on any atom is -0.480 e. The Morgan fingerprint density at radius 1 is 1.77 bits per heavy atom. The van der Waals surface area contributed by atoms with Crippen molar-refractivity contribution in [3.8, 4) is 0 Å². The Labute approximate surface area is 77.3 Å². The summed E-state index contributed by atoms with van der Waals surface area (Å²) in [4.78, 5) is 21.5. The van der Waals surface area contributed by atoms with Gasteiger partial charge in [-0.25, -0.2) is 5.43 Å². The molecule has 4 N–H and O–H groups in total. The van der Waals surface area contributed by atoms with Gasteiger partial charge in [0, 0.05) is 5.92 Å². The Hall–Kier alpha value is -0.940. The molecule has 2 atom stereocenters. The molecule has 0 amide bonds. The summed E-state index contributed by atoms with van der Waals surface area (Å²) in [6.45, 7) is 3.38. The van der Waals surface area contributed by atoms with Gasteiger partial charge in [-0.2, -0.15) is 0 Å². The van der Waals surface area contributed by atoms with Gasteiger partial charge in [-0.15, -0.1) is 0 Å². The van der Waals surface area contributed by atoms with Crippen LogP contribution in [-0.4, -0.2) is 22.9 Å². The van der Waals surface area contributed by atoms with Gasteiger partial charge in [-0.05, 0) is 6.42 Å². The highest BCUT2D eigenvalue weighted by Gasteiger charge is 2.41. The second kappa shape index (κ2) is 4.94. The van der Waals surface area contributed by atoms with Gasteiger partial charge in [0.05, 0.1) is 0 Å². The van der Waals surface area contributed by atoms with E-state index in [9.17, 15) is 9.59 Å². The molecular formula is C8H16N2O3. The average Bonchev–Trinajstić information content (AvgIpc) is 2.12. The quantitative estimate of drug-likeness (QED) is 0.308. The minimum absolute atomic E-state index is 0.332. The Bertz CT molecular complexity index is 196. The van der Waals surface area contributed by atoms with Crippen LogP contribution < -0.4 is 11.3 Å². The zero-order valence-electron chi connectivity index (χ0n) is 7.91. The first-order valence-corrected chi connectivity index (χ1v) is 4.21. The zero-order valence-corrected chi connectivity index (χ0v) is 7.91. The second-order valence-electron chi connectivity index (χ2n) is 3.10. The lowest BCUT2D eigenvalue weighted by Gasteiger charge is -2.31. The maximum Gasteiger partial charge on any atom is 0.325 e. The predicted octanol–water partition coefficient (Wildman–Crippen LogP) is -0.0918. The number of carbonyl (C=O) groups excluding carboxylic acids is 1. The molecule has 0 spiro atoms. The van der Waals surface area contributed by atoms with Crippen molar-refractivity contribution in [3.63, 3.8) is 0 Å². The molecule has 0 bridgehead atoms. The highest BCUT2D eigenvalue weighted by atomic mass is 16.4. The van der Waals surface area contributed by atoms with Crippen molar-refractivity contribution in [2.45, 2.75) is 32.2 Å². The topological polar surface area (TPSA) is 92.4 Å². The van der Waals surface area contributed by atoms with Gasteiger partial charge >= 0.3 is 5.97 Å². The number of carboxylic acid groups (broad SMARTS) is 1. The fourth-order valence-corrected chi connectivity index (χ4v) is 1.31. The van der Waals surface area contributed by atoms with E-state index in [1.807, 2.05) is 6.92 Å². The fourth-order valence-electron chi connectivity index (χ4n) is 1.31. The van der Waals surface area contributed by atoms with Crippen molar-refractivity contribution in [2.75, 3.05) is 0 Å². The Morgan fingerprint density at radius 3 is 2.54 bits per heavy atom. The van der Waals surface area contributed by atoms with E-state index < -0.39 is 17.4 Å². The summed E-state index contributed by atoms with van der Waals surface area (Å²) in [6, 6.07) is 0. The van der Waals surface area contributed by atoms with Crippen LogP contribution in [0.2, 0.25) is 0 Å². The molecule has 76 valence electrons. The normalized spacial score (nSPS) is 17.5. The van der Waals surface area contributed by atoms with Crippen molar-refractivity contribution >= 4 is 12.3 Å². The molecule has 0 aromatic carbocycles. The summed E-state index contributed by atoms with van der Waals surface area (Å²) in [5.74, 6) is 3.45. The number of hydrogen-bond acceptors (Lipinski definition) is 4. The summed E-state index contributed by atoms with van der Waals surface area (Å²) >= 11 is 0. The molecule has 0 aliphatic heterocycles. The summed E-state index contributed by atoms with van der Waals surface area (Å²) in [5, 5.41) is 8.96. The van der Waals surface area contributed by atoms with Crippen molar-refractivity contribution in [3.05, 3.63) is 0 Å². The number of nitrogens with two attached hydrogens (primary N) is 1. The molecule has 13 heavy (non-hydrogen) atoms. The number of hydrazine groups is 1. The SMILES string of the molecule is CCCC(NN)(C(=O)O)C(C)C=O. The molecule has 5 heteroatoms. The third-order valence-corrected chi connectivity index (χ3v) is 2.26. The van der Waals surface area contributed by atoms with E-state index in [0.29, 0.717) is 19.1 Å². The highest BCUT2D eigenvalue weighted by Crippen LogP contribution is 2.21. The van der Waals surface area contributed by atoms with E-state index in [4.69, 9.17) is 10.9 Å². The van der Waals surface area contributed by atoms with Crippen LogP contribution in [0, 0.1) is 5.92 Å². The molecule has 0 radical (unpaired) electrons. The number of aldehydes is 1. The molecule has 0 saturated carbocycles. The van der Waals surface area contributed by atoms with Crippen LogP contribution in [0.25, 0.3) is 0 Å². The molecular weight excluding hydrogens is 172 g/mol. The third kappa shape index (κ3) is 2.26. The van der Waals surface area contributed by atoms with Crippen molar-refractivity contribution < 1.29 is 14.7 Å². The monoisotopic (exact) mass is 188 g/mol. The number of carboxylic acids is 1. The number of rotatable bonds is 6. The molecule has 5 nitrogen and oxygen atoms in total. The highest BCUT2D eigenvalue weighted by molar-refractivity contribution is 5.83. The predicted molar refractivity (Wildman–Crippen MR) is 47.8 cm³/mol. The number of hydrogen-bond donors (Lipinski definition) is 3. The maximum atomic E-state index is 10.9. The van der Waals surface area contributed by atoms with E-state index in [1.54, 1.807) is 0 Å². The third-order valence-electron chi connectivity index (χ3n) is 2.26. The van der Waals surface area contributed by atoms with Crippen LogP contribution >= 0.6 is 0 Å². The zero-order chi connectivity index (χ0) is 10.5. The van der Waals surface area contributed by atoms with E-state index in [1.165, 1.54) is 6.92 Å². The average molecular weight is 188 g/mol. The maximum absolute atomic E-state index is 10.9. The van der Waals surface area contributed by atoms with Gasteiger partial charge in [0.1, 0.15) is 11.8 Å². The first kappa shape index (κ1) is 12.1. The van der Waals surface area contributed by atoms with Gasteiger partial charge in [0.25, 0.3) is 0 Å². The smallest absolute Gasteiger partial charge is 0.325 e. The molecule has 0 fully saturated rings. The molecule has 0 aliphatic carbocycles. The lowest BCUT2D eigenvalue weighted by molar-refractivity contribution is -0.149. The van der Waals surface area contributed by atoms with Gasteiger partial charge in [-0.3, -0.25) is 10.6 Å². The largest absolute Gasteiger partial charge is 0.480 e. The summed E-state index contributed by atoms with van der Waals surface area (Å²) in [5.41, 5.74) is 0.913. The second-order valence-corrected chi connectivity index (χ2v) is 3.10. The Morgan fingerprint density at radius 2 is 2.31 bits per heavy atom.